The molecule has 1 aliphatic heterocycles. The van der Waals surface area contributed by atoms with E-state index in [-0.39, 0.29) is 5.78 Å². The summed E-state index contributed by atoms with van der Waals surface area (Å²) in [6.45, 7) is 9.60. The number of anilines is 1. The van der Waals surface area contributed by atoms with E-state index in [1.807, 2.05) is 6.07 Å². The van der Waals surface area contributed by atoms with E-state index in [0.717, 1.165) is 18.5 Å². The lowest BCUT2D eigenvalue weighted by Gasteiger charge is -2.37. The highest BCUT2D eigenvalue weighted by Gasteiger charge is 2.36. The van der Waals surface area contributed by atoms with Gasteiger partial charge < -0.3 is 10.2 Å². The van der Waals surface area contributed by atoms with E-state index in [2.05, 4.69) is 30.1 Å². The molecule has 0 radical (unpaired) electrons. The molecule has 3 rings (SSSR count). The number of carbonyl (C=O) groups is 1. The quantitative estimate of drug-likeness (QED) is 0.810. The van der Waals surface area contributed by atoms with Crippen LogP contribution in [0, 0.1) is 0 Å². The maximum atomic E-state index is 12.0. The summed E-state index contributed by atoms with van der Waals surface area (Å²) in [5.41, 5.74) is 4.98. The summed E-state index contributed by atoms with van der Waals surface area (Å²) < 4.78 is 0. The fraction of sp³-hybridized carbons (Fsp3) is 0.632. The van der Waals surface area contributed by atoms with Gasteiger partial charge in [-0.25, -0.2) is 0 Å². The van der Waals surface area contributed by atoms with Gasteiger partial charge in [0.15, 0.2) is 5.78 Å². The lowest BCUT2D eigenvalue weighted by Crippen LogP contribution is -2.41. The molecule has 1 heterocycles. The molecule has 0 unspecified atom stereocenters. The van der Waals surface area contributed by atoms with Crippen molar-refractivity contribution < 1.29 is 4.79 Å². The maximum absolute atomic E-state index is 12.0. The molecule has 2 atom stereocenters. The van der Waals surface area contributed by atoms with Crippen LogP contribution in [0.1, 0.15) is 67.4 Å². The van der Waals surface area contributed by atoms with Gasteiger partial charge >= 0.3 is 0 Å². The molecule has 0 saturated heterocycles. The zero-order valence-corrected chi connectivity index (χ0v) is 14.1. The van der Waals surface area contributed by atoms with E-state index in [0.29, 0.717) is 12.0 Å². The Morgan fingerprint density at radius 3 is 2.64 bits per heavy atom. The normalized spacial score (nSPS) is 22.5. The summed E-state index contributed by atoms with van der Waals surface area (Å²) in [6, 6.07) is 4.72. The minimum atomic E-state index is 0.210. The highest BCUT2D eigenvalue weighted by atomic mass is 16.1. The number of rotatable bonds is 6. The zero-order chi connectivity index (χ0) is 15.7. The second-order valence-electron chi connectivity index (χ2n) is 6.82. The molecule has 1 aromatic carbocycles. The summed E-state index contributed by atoms with van der Waals surface area (Å²) >= 11 is 0. The van der Waals surface area contributed by atoms with Gasteiger partial charge in [-0.2, -0.15) is 0 Å². The van der Waals surface area contributed by atoms with Crippen molar-refractivity contribution in [2.24, 2.45) is 0 Å². The largest absolute Gasteiger partial charge is 0.384 e. The molecule has 1 aliphatic carbocycles. The van der Waals surface area contributed by atoms with E-state index in [1.165, 1.54) is 49.2 Å². The van der Waals surface area contributed by atoms with Crippen molar-refractivity contribution in [2.75, 3.05) is 25.0 Å². The molecular formula is C19H28N2O. The average Bonchev–Trinajstić information content (AvgIpc) is 2.91. The Morgan fingerprint density at radius 2 is 2.00 bits per heavy atom. The first-order chi connectivity index (χ1) is 10.7. The molecule has 3 nitrogen and oxygen atoms in total. The van der Waals surface area contributed by atoms with Crippen LogP contribution in [0.25, 0.3) is 0 Å². The molecule has 0 fully saturated rings. The van der Waals surface area contributed by atoms with Crippen LogP contribution < -0.4 is 5.32 Å². The van der Waals surface area contributed by atoms with Gasteiger partial charge in [-0.1, -0.05) is 13.8 Å². The zero-order valence-electron chi connectivity index (χ0n) is 14.1. The summed E-state index contributed by atoms with van der Waals surface area (Å²) in [5.74, 6) is 0.792. The fourth-order valence-corrected chi connectivity index (χ4v) is 4.35. The second kappa shape index (κ2) is 6.41. The van der Waals surface area contributed by atoms with Crippen molar-refractivity contribution in [1.82, 2.24) is 4.90 Å². The first-order valence-electron chi connectivity index (χ1n) is 8.80. The Balaban J connectivity index is 1.95. The van der Waals surface area contributed by atoms with E-state index in [9.17, 15) is 4.79 Å². The molecule has 0 spiro atoms. The monoisotopic (exact) mass is 300 g/mol. The van der Waals surface area contributed by atoms with Crippen LogP contribution in [0.2, 0.25) is 0 Å². The van der Waals surface area contributed by atoms with Gasteiger partial charge in [0, 0.05) is 29.8 Å². The van der Waals surface area contributed by atoms with Gasteiger partial charge in [0.2, 0.25) is 0 Å². The predicted molar refractivity (Wildman–Crippen MR) is 91.9 cm³/mol. The summed E-state index contributed by atoms with van der Waals surface area (Å²) in [5, 5.41) is 3.54. The number of ketones is 1. The van der Waals surface area contributed by atoms with Crippen molar-refractivity contribution in [2.45, 2.75) is 58.4 Å². The van der Waals surface area contributed by atoms with Gasteiger partial charge in [-0.15, -0.1) is 0 Å². The van der Waals surface area contributed by atoms with Gasteiger partial charge in [-0.05, 0) is 69.0 Å². The first-order valence-corrected chi connectivity index (χ1v) is 8.80. The minimum Gasteiger partial charge on any atom is -0.384 e. The summed E-state index contributed by atoms with van der Waals surface area (Å²) in [6.07, 6.45) is 4.67. The Labute approximate surface area is 134 Å². The highest BCUT2D eigenvalue weighted by molar-refractivity contribution is 5.97. The van der Waals surface area contributed by atoms with Crippen LogP contribution in [-0.2, 0) is 6.42 Å². The molecule has 22 heavy (non-hydrogen) atoms. The van der Waals surface area contributed by atoms with E-state index in [1.54, 1.807) is 6.92 Å². The van der Waals surface area contributed by atoms with Crippen LogP contribution in [0.3, 0.4) is 0 Å². The van der Waals surface area contributed by atoms with Crippen LogP contribution in [0.5, 0.6) is 0 Å². The average molecular weight is 300 g/mol. The Morgan fingerprint density at radius 1 is 1.27 bits per heavy atom. The number of carbonyl (C=O) groups excluding carboxylic acids is 1. The van der Waals surface area contributed by atoms with Crippen LogP contribution in [-0.4, -0.2) is 36.4 Å². The summed E-state index contributed by atoms with van der Waals surface area (Å²) in [7, 11) is 0. The standard InChI is InChI=1S/C19H28N2O/c1-4-8-21(9-5-2)15-10-14-12-20-18-7-6-16(13(3)22)17(11-15)19(14)18/h6-7,14-15,20H,4-5,8-12H2,1-3H3/t14-,15+/m0/s1. The molecular weight excluding hydrogens is 272 g/mol. The highest BCUT2D eigenvalue weighted by Crippen LogP contribution is 2.43. The smallest absolute Gasteiger partial charge is 0.160 e. The SMILES string of the molecule is CCCN(CCC)[C@H]1Cc2c(C(C)=O)ccc3c2[C@H](CN3)C1. The minimum absolute atomic E-state index is 0.210. The second-order valence-corrected chi connectivity index (χ2v) is 6.82. The number of nitrogens with one attached hydrogen (secondary N) is 1. The Bertz CT molecular complexity index is 561. The van der Waals surface area contributed by atoms with Crippen molar-refractivity contribution in [3.63, 3.8) is 0 Å². The molecule has 0 aromatic heterocycles. The van der Waals surface area contributed by atoms with E-state index >= 15 is 0 Å². The molecule has 1 aromatic rings. The molecule has 120 valence electrons. The third-order valence-corrected chi connectivity index (χ3v) is 5.22. The number of hydrogen-bond acceptors (Lipinski definition) is 3. The third kappa shape index (κ3) is 2.67. The van der Waals surface area contributed by atoms with Crippen LogP contribution >= 0.6 is 0 Å². The molecule has 0 saturated carbocycles. The van der Waals surface area contributed by atoms with Crippen molar-refractivity contribution in [3.8, 4) is 0 Å². The molecule has 0 amide bonds. The predicted octanol–water partition coefficient (Wildman–Crippen LogP) is 3.84. The van der Waals surface area contributed by atoms with Gasteiger partial charge in [-0.3, -0.25) is 4.79 Å². The molecule has 0 bridgehead atoms. The van der Waals surface area contributed by atoms with Crippen molar-refractivity contribution >= 4 is 11.5 Å². The van der Waals surface area contributed by atoms with Gasteiger partial charge in [0.1, 0.15) is 0 Å². The topological polar surface area (TPSA) is 32.3 Å². The molecule has 1 N–H and O–H groups in total. The van der Waals surface area contributed by atoms with E-state index < -0.39 is 0 Å². The van der Waals surface area contributed by atoms with Gasteiger partial charge in [0.25, 0.3) is 0 Å². The lowest BCUT2D eigenvalue weighted by molar-refractivity contribution is 0.101. The van der Waals surface area contributed by atoms with Crippen LogP contribution in [0.15, 0.2) is 12.1 Å². The maximum Gasteiger partial charge on any atom is 0.160 e. The summed E-state index contributed by atoms with van der Waals surface area (Å²) in [4.78, 5) is 14.7. The number of benzene rings is 1. The first kappa shape index (κ1) is 15.5. The number of hydrogen-bond donors (Lipinski definition) is 1. The Kier molecular flexibility index (Phi) is 4.53. The van der Waals surface area contributed by atoms with Crippen molar-refractivity contribution in [3.05, 3.63) is 28.8 Å². The fourth-order valence-electron chi connectivity index (χ4n) is 4.35. The lowest BCUT2D eigenvalue weighted by atomic mass is 9.78. The Hall–Kier alpha value is -1.35. The molecule has 3 heteroatoms. The van der Waals surface area contributed by atoms with E-state index in [4.69, 9.17) is 0 Å². The number of Topliss-reactive ketones (excluding diaryl/α,β-unsaturated/α-hetero) is 1. The van der Waals surface area contributed by atoms with Crippen molar-refractivity contribution in [1.29, 1.82) is 0 Å². The number of nitrogens with zero attached hydrogens (tertiary/aromatic N) is 1. The van der Waals surface area contributed by atoms with Crippen LogP contribution in [0.4, 0.5) is 5.69 Å². The molecule has 2 aliphatic rings. The third-order valence-electron chi connectivity index (χ3n) is 5.22. The van der Waals surface area contributed by atoms with Gasteiger partial charge in [0.05, 0.1) is 0 Å².